The lowest BCUT2D eigenvalue weighted by molar-refractivity contribution is 0.0696. The standard InChI is InChI=1S/C20H16N2O7S/c23-15-10-12(20(26)27)9-14(11-15)22-30(28,29)16-7-5-13(6-8-16)21-19(25)17-3-1-2-4-18(17)24/h1-11,22-24H,(H,21,25)(H,26,27). The molecule has 0 saturated heterocycles. The number of phenolic OH excluding ortho intramolecular Hbond substituents is 2. The van der Waals surface area contributed by atoms with Crippen LogP contribution in [0.15, 0.2) is 71.6 Å². The van der Waals surface area contributed by atoms with E-state index in [0.29, 0.717) is 5.69 Å². The summed E-state index contributed by atoms with van der Waals surface area (Å²) in [6, 6.07) is 14.3. The molecule has 0 bridgehead atoms. The van der Waals surface area contributed by atoms with Crippen molar-refractivity contribution in [3.8, 4) is 11.5 Å². The molecule has 30 heavy (non-hydrogen) atoms. The summed E-state index contributed by atoms with van der Waals surface area (Å²) in [7, 11) is -4.08. The fourth-order valence-corrected chi connectivity index (χ4v) is 3.63. The number of aromatic hydroxyl groups is 2. The van der Waals surface area contributed by atoms with Crippen LogP contribution in [0.2, 0.25) is 0 Å². The number of sulfonamides is 1. The summed E-state index contributed by atoms with van der Waals surface area (Å²) in [5.41, 5.74) is -0.0408. The molecule has 9 nitrogen and oxygen atoms in total. The smallest absolute Gasteiger partial charge is 0.335 e. The zero-order valence-electron chi connectivity index (χ0n) is 15.2. The van der Waals surface area contributed by atoms with Crippen LogP contribution >= 0.6 is 0 Å². The Balaban J connectivity index is 1.77. The number of hydrogen-bond acceptors (Lipinski definition) is 6. The second kappa shape index (κ2) is 8.13. The summed E-state index contributed by atoms with van der Waals surface area (Å²) in [5.74, 6) is -2.49. The van der Waals surface area contributed by atoms with Crippen molar-refractivity contribution in [3.63, 3.8) is 0 Å². The predicted molar refractivity (Wildman–Crippen MR) is 108 cm³/mol. The summed E-state index contributed by atoms with van der Waals surface area (Å²) in [5, 5.41) is 30.9. The average Bonchev–Trinajstić information content (AvgIpc) is 2.67. The highest BCUT2D eigenvalue weighted by atomic mass is 32.2. The molecule has 0 aliphatic rings. The van der Waals surface area contributed by atoms with Crippen molar-refractivity contribution in [1.82, 2.24) is 0 Å². The van der Waals surface area contributed by atoms with Crippen LogP contribution in [0.4, 0.5) is 11.4 Å². The van der Waals surface area contributed by atoms with Gasteiger partial charge in [-0.05, 0) is 48.5 Å². The third kappa shape index (κ3) is 4.67. The third-order valence-corrected chi connectivity index (χ3v) is 5.39. The van der Waals surface area contributed by atoms with Gasteiger partial charge in [0.2, 0.25) is 0 Å². The Morgan fingerprint density at radius 3 is 2.13 bits per heavy atom. The van der Waals surface area contributed by atoms with Crippen LogP contribution in [0, 0.1) is 0 Å². The Bertz CT molecular complexity index is 1220. The third-order valence-electron chi connectivity index (χ3n) is 3.99. The van der Waals surface area contributed by atoms with Gasteiger partial charge >= 0.3 is 5.97 Å². The van der Waals surface area contributed by atoms with Gasteiger partial charge in [0, 0.05) is 11.8 Å². The topological polar surface area (TPSA) is 153 Å². The summed E-state index contributed by atoms with van der Waals surface area (Å²) >= 11 is 0. The zero-order chi connectivity index (χ0) is 21.9. The SMILES string of the molecule is O=C(O)c1cc(O)cc(NS(=O)(=O)c2ccc(NC(=O)c3ccccc3O)cc2)c1. The molecule has 0 radical (unpaired) electrons. The van der Waals surface area contributed by atoms with E-state index >= 15 is 0 Å². The minimum absolute atomic E-state index is 0.0639. The number of nitrogens with one attached hydrogen (secondary N) is 2. The van der Waals surface area contributed by atoms with Crippen LogP contribution in [0.1, 0.15) is 20.7 Å². The number of anilines is 2. The van der Waals surface area contributed by atoms with E-state index in [1.165, 1.54) is 36.4 Å². The van der Waals surface area contributed by atoms with Crippen molar-refractivity contribution in [2.24, 2.45) is 0 Å². The molecule has 1 amide bonds. The van der Waals surface area contributed by atoms with Gasteiger partial charge in [0.05, 0.1) is 21.7 Å². The molecule has 0 atom stereocenters. The Kier molecular flexibility index (Phi) is 5.61. The molecule has 3 aromatic carbocycles. The first-order valence-corrected chi connectivity index (χ1v) is 9.93. The van der Waals surface area contributed by atoms with E-state index in [2.05, 4.69) is 10.0 Å². The minimum atomic E-state index is -4.08. The first-order chi connectivity index (χ1) is 14.2. The summed E-state index contributed by atoms with van der Waals surface area (Å²) in [6.45, 7) is 0. The van der Waals surface area contributed by atoms with Crippen LogP contribution in [-0.2, 0) is 10.0 Å². The highest BCUT2D eigenvalue weighted by molar-refractivity contribution is 7.92. The number of aromatic carboxylic acids is 1. The molecule has 0 aliphatic heterocycles. The van der Waals surface area contributed by atoms with Gasteiger partial charge in [-0.15, -0.1) is 0 Å². The van der Waals surface area contributed by atoms with Crippen molar-refractivity contribution >= 4 is 33.3 Å². The van der Waals surface area contributed by atoms with Crippen molar-refractivity contribution in [3.05, 3.63) is 77.9 Å². The molecule has 0 saturated carbocycles. The molecular weight excluding hydrogens is 412 g/mol. The Morgan fingerprint density at radius 2 is 1.50 bits per heavy atom. The fraction of sp³-hybridized carbons (Fsp3) is 0. The van der Waals surface area contributed by atoms with E-state index in [1.807, 2.05) is 0 Å². The van der Waals surface area contributed by atoms with Gasteiger partial charge in [-0.1, -0.05) is 12.1 Å². The van der Waals surface area contributed by atoms with Crippen molar-refractivity contribution in [2.45, 2.75) is 4.90 Å². The van der Waals surface area contributed by atoms with Crippen LogP contribution in [0.3, 0.4) is 0 Å². The molecule has 0 spiro atoms. The van der Waals surface area contributed by atoms with Crippen molar-refractivity contribution < 1.29 is 33.3 Å². The van der Waals surface area contributed by atoms with Gasteiger partial charge in [0.25, 0.3) is 15.9 Å². The number of carbonyl (C=O) groups is 2. The summed E-state index contributed by atoms with van der Waals surface area (Å²) < 4.78 is 27.3. The molecular formula is C20H16N2O7S. The molecule has 5 N–H and O–H groups in total. The molecule has 0 aliphatic carbocycles. The lowest BCUT2D eigenvalue weighted by Crippen LogP contribution is -2.14. The van der Waals surface area contributed by atoms with Crippen molar-refractivity contribution in [1.29, 1.82) is 0 Å². The maximum Gasteiger partial charge on any atom is 0.335 e. The molecule has 0 unspecified atom stereocenters. The summed E-state index contributed by atoms with van der Waals surface area (Å²) in [4.78, 5) is 23.1. The maximum atomic E-state index is 12.5. The molecule has 3 rings (SSSR count). The van der Waals surface area contributed by atoms with Gasteiger partial charge in [0.15, 0.2) is 0 Å². The molecule has 0 heterocycles. The van der Waals surface area contributed by atoms with Gasteiger partial charge in [-0.3, -0.25) is 9.52 Å². The van der Waals surface area contributed by atoms with Gasteiger partial charge in [-0.2, -0.15) is 0 Å². The molecule has 0 aromatic heterocycles. The number of para-hydroxylation sites is 1. The van der Waals surface area contributed by atoms with Crippen LogP contribution < -0.4 is 10.0 Å². The van der Waals surface area contributed by atoms with E-state index in [1.54, 1.807) is 12.1 Å². The zero-order valence-corrected chi connectivity index (χ0v) is 16.1. The Hall–Kier alpha value is -4.05. The number of benzene rings is 3. The maximum absolute atomic E-state index is 12.5. The van der Waals surface area contributed by atoms with Crippen LogP contribution in [0.25, 0.3) is 0 Å². The lowest BCUT2D eigenvalue weighted by Gasteiger charge is -2.11. The number of rotatable bonds is 6. The van der Waals surface area contributed by atoms with Gasteiger partial charge in [0.1, 0.15) is 11.5 Å². The first kappa shape index (κ1) is 20.7. The van der Waals surface area contributed by atoms with Crippen LogP contribution in [-0.4, -0.2) is 35.6 Å². The van der Waals surface area contributed by atoms with E-state index in [9.17, 15) is 28.2 Å². The largest absolute Gasteiger partial charge is 0.508 e. The van der Waals surface area contributed by atoms with Crippen molar-refractivity contribution in [2.75, 3.05) is 10.0 Å². The van der Waals surface area contributed by atoms with E-state index < -0.39 is 27.6 Å². The monoisotopic (exact) mass is 428 g/mol. The predicted octanol–water partition coefficient (Wildman–Crippen LogP) is 2.85. The molecule has 3 aromatic rings. The number of phenols is 2. The second-order valence-electron chi connectivity index (χ2n) is 6.17. The van der Waals surface area contributed by atoms with Gasteiger partial charge < -0.3 is 20.6 Å². The Labute approximate surface area is 171 Å². The molecule has 10 heteroatoms. The second-order valence-corrected chi connectivity index (χ2v) is 7.86. The van der Waals surface area contributed by atoms with E-state index in [0.717, 1.165) is 18.2 Å². The molecule has 0 fully saturated rings. The number of amides is 1. The normalized spacial score (nSPS) is 10.9. The number of hydrogen-bond donors (Lipinski definition) is 5. The highest BCUT2D eigenvalue weighted by Crippen LogP contribution is 2.24. The average molecular weight is 428 g/mol. The number of carbonyl (C=O) groups excluding carboxylic acids is 1. The van der Waals surface area contributed by atoms with Crippen LogP contribution in [0.5, 0.6) is 11.5 Å². The van der Waals surface area contributed by atoms with E-state index in [-0.39, 0.29) is 27.5 Å². The minimum Gasteiger partial charge on any atom is -0.508 e. The summed E-state index contributed by atoms with van der Waals surface area (Å²) in [6.07, 6.45) is 0. The number of carboxylic acids is 1. The first-order valence-electron chi connectivity index (χ1n) is 8.45. The highest BCUT2D eigenvalue weighted by Gasteiger charge is 2.17. The molecule has 154 valence electrons. The van der Waals surface area contributed by atoms with Gasteiger partial charge in [-0.25, -0.2) is 13.2 Å². The van der Waals surface area contributed by atoms with E-state index in [4.69, 9.17) is 5.11 Å². The fourth-order valence-electron chi connectivity index (χ4n) is 2.59. The number of carboxylic acid groups (broad SMARTS) is 1. The Morgan fingerprint density at radius 1 is 0.833 bits per heavy atom. The quantitative estimate of drug-likeness (QED) is 0.405. The lowest BCUT2D eigenvalue weighted by atomic mass is 10.2.